The van der Waals surface area contributed by atoms with Gasteiger partial charge < -0.3 is 0 Å². The van der Waals surface area contributed by atoms with Gasteiger partial charge in [0, 0.05) is 23.0 Å². The van der Waals surface area contributed by atoms with E-state index in [4.69, 9.17) is 0 Å². The maximum atomic E-state index is 2.27. The summed E-state index contributed by atoms with van der Waals surface area (Å²) in [6.45, 7) is 0. The van der Waals surface area contributed by atoms with E-state index >= 15 is 0 Å². The van der Waals surface area contributed by atoms with Crippen LogP contribution in [0.5, 0.6) is 0 Å². The van der Waals surface area contributed by atoms with Crippen molar-refractivity contribution < 1.29 is 0 Å². The van der Waals surface area contributed by atoms with Crippen molar-refractivity contribution in [1.82, 2.24) is 0 Å². The van der Waals surface area contributed by atoms with Crippen molar-refractivity contribution >= 4 is 23.5 Å². The lowest BCUT2D eigenvalue weighted by Gasteiger charge is -2.09. The summed E-state index contributed by atoms with van der Waals surface area (Å²) in [5, 5.41) is 0. The second kappa shape index (κ2) is 9.16. The zero-order valence-corrected chi connectivity index (χ0v) is 18.5. The van der Waals surface area contributed by atoms with E-state index in [1.165, 1.54) is 44.5 Å². The van der Waals surface area contributed by atoms with E-state index in [1.54, 1.807) is 0 Å². The van der Waals surface area contributed by atoms with E-state index in [-0.39, 0.29) is 0 Å². The highest BCUT2D eigenvalue weighted by molar-refractivity contribution is 7.97. The van der Waals surface area contributed by atoms with Crippen molar-refractivity contribution in [3.8, 4) is 22.3 Å². The van der Waals surface area contributed by atoms with Gasteiger partial charge in [-0.1, -0.05) is 97.1 Å². The molecule has 2 heteroatoms. The van der Waals surface area contributed by atoms with Gasteiger partial charge in [-0.15, -0.1) is 0 Å². The topological polar surface area (TPSA) is 0 Å². The SMILES string of the molecule is c1cc2ccc1CSCc1ccc(cc1)-c1ccc(cc1)CSCc1ccc-2cc1. The van der Waals surface area contributed by atoms with Gasteiger partial charge in [0.25, 0.3) is 0 Å². The molecule has 0 aromatic heterocycles. The maximum absolute atomic E-state index is 2.27. The predicted octanol–water partition coefficient (Wildman–Crippen LogP) is 8.20. The van der Waals surface area contributed by atoms with Gasteiger partial charge in [0.05, 0.1) is 0 Å². The van der Waals surface area contributed by atoms with Crippen LogP contribution in [0.1, 0.15) is 22.3 Å². The average Bonchev–Trinajstić information content (AvgIpc) is 2.81. The molecule has 8 bridgehead atoms. The first-order valence-corrected chi connectivity index (χ1v) is 12.7. The van der Waals surface area contributed by atoms with Crippen LogP contribution in [-0.4, -0.2) is 0 Å². The highest BCUT2D eigenvalue weighted by Crippen LogP contribution is 2.27. The highest BCUT2D eigenvalue weighted by Gasteiger charge is 2.04. The molecule has 0 amide bonds. The van der Waals surface area contributed by atoms with Crippen molar-refractivity contribution in [2.45, 2.75) is 23.0 Å². The van der Waals surface area contributed by atoms with Crippen molar-refractivity contribution in [2.75, 3.05) is 0 Å². The number of hydrogen-bond acceptors (Lipinski definition) is 2. The summed E-state index contributed by atoms with van der Waals surface area (Å²) in [6.07, 6.45) is 0. The minimum Gasteiger partial charge on any atom is -0.152 e. The molecule has 0 nitrogen and oxygen atoms in total. The Kier molecular flexibility index (Phi) is 5.96. The van der Waals surface area contributed by atoms with Crippen molar-refractivity contribution in [3.63, 3.8) is 0 Å². The molecular formula is C28H24S2. The Labute approximate surface area is 187 Å². The minimum atomic E-state index is 1.04. The molecule has 0 fully saturated rings. The average molecular weight is 425 g/mol. The van der Waals surface area contributed by atoms with E-state index in [0.29, 0.717) is 0 Å². The van der Waals surface area contributed by atoms with Gasteiger partial charge in [-0.3, -0.25) is 0 Å². The van der Waals surface area contributed by atoms with Gasteiger partial charge in [-0.2, -0.15) is 23.5 Å². The van der Waals surface area contributed by atoms with Crippen LogP contribution in [0, 0.1) is 0 Å². The first-order valence-electron chi connectivity index (χ1n) is 10.4. The zero-order chi connectivity index (χ0) is 20.2. The molecule has 0 N–H and O–H groups in total. The van der Waals surface area contributed by atoms with Gasteiger partial charge in [0.15, 0.2) is 0 Å². The minimum absolute atomic E-state index is 1.04. The smallest absolute Gasteiger partial charge is 0.0187 e. The molecule has 30 heavy (non-hydrogen) atoms. The van der Waals surface area contributed by atoms with E-state index in [9.17, 15) is 0 Å². The summed E-state index contributed by atoms with van der Waals surface area (Å²) >= 11 is 3.95. The summed E-state index contributed by atoms with van der Waals surface area (Å²) in [5.74, 6) is 4.17. The molecule has 0 atom stereocenters. The van der Waals surface area contributed by atoms with Crippen LogP contribution in [0.15, 0.2) is 97.1 Å². The lowest BCUT2D eigenvalue weighted by molar-refractivity contribution is 1.35. The molecule has 0 unspecified atom stereocenters. The van der Waals surface area contributed by atoms with Crippen molar-refractivity contribution in [2.24, 2.45) is 0 Å². The Bertz CT molecular complexity index is 909. The molecule has 4 aromatic rings. The second-order valence-corrected chi connectivity index (χ2v) is 9.74. The van der Waals surface area contributed by atoms with Crippen LogP contribution in [0.2, 0.25) is 0 Å². The summed E-state index contributed by atoms with van der Waals surface area (Å²) in [5.41, 5.74) is 10.7. The number of hydrogen-bond donors (Lipinski definition) is 0. The summed E-state index contributed by atoms with van der Waals surface area (Å²) in [7, 11) is 0. The van der Waals surface area contributed by atoms with E-state index in [2.05, 4.69) is 97.1 Å². The number of thioether (sulfide) groups is 2. The molecule has 10 aliphatic rings. The molecule has 0 spiro atoms. The number of rotatable bonds is 0. The van der Waals surface area contributed by atoms with Crippen LogP contribution in [-0.2, 0) is 23.0 Å². The van der Waals surface area contributed by atoms with Crippen LogP contribution < -0.4 is 0 Å². The molecule has 4 aromatic carbocycles. The molecular weight excluding hydrogens is 400 g/mol. The van der Waals surface area contributed by atoms with Crippen LogP contribution in [0.25, 0.3) is 22.3 Å². The first kappa shape index (κ1) is 19.5. The summed E-state index contributed by atoms with van der Waals surface area (Å²) in [6, 6.07) is 36.2. The van der Waals surface area contributed by atoms with E-state index < -0.39 is 0 Å². The third kappa shape index (κ3) is 4.66. The predicted molar refractivity (Wildman–Crippen MR) is 134 cm³/mol. The lowest BCUT2D eigenvalue weighted by atomic mass is 10.0. The Balaban J connectivity index is 1.41. The first-order chi connectivity index (χ1) is 14.8. The monoisotopic (exact) mass is 424 g/mol. The maximum Gasteiger partial charge on any atom is 0.0187 e. The van der Waals surface area contributed by atoms with Crippen LogP contribution in [0.4, 0.5) is 0 Å². The Morgan fingerprint density at radius 3 is 0.700 bits per heavy atom. The molecule has 0 radical (unpaired) electrons. The van der Waals surface area contributed by atoms with Crippen LogP contribution >= 0.6 is 23.5 Å². The van der Waals surface area contributed by atoms with Gasteiger partial charge in [0.1, 0.15) is 0 Å². The largest absolute Gasteiger partial charge is 0.152 e. The lowest BCUT2D eigenvalue weighted by Crippen LogP contribution is -1.88. The fraction of sp³-hybridized carbons (Fsp3) is 0.143. The molecule has 10 heterocycles. The molecule has 10 aliphatic heterocycles. The third-order valence-corrected chi connectivity index (χ3v) is 7.71. The van der Waals surface area contributed by atoms with Gasteiger partial charge in [0.2, 0.25) is 0 Å². The summed E-state index contributed by atoms with van der Waals surface area (Å²) < 4.78 is 0. The quantitative estimate of drug-likeness (QED) is 0.279. The van der Waals surface area contributed by atoms with Gasteiger partial charge in [-0.25, -0.2) is 0 Å². The number of benzene rings is 4. The van der Waals surface area contributed by atoms with Gasteiger partial charge in [-0.05, 0) is 44.5 Å². The second-order valence-electron chi connectivity index (χ2n) is 7.77. The highest BCUT2D eigenvalue weighted by atomic mass is 32.2. The Morgan fingerprint density at radius 2 is 0.500 bits per heavy atom. The molecule has 0 saturated heterocycles. The normalized spacial score (nSPS) is 13.9. The molecule has 0 aliphatic carbocycles. The molecule has 148 valence electrons. The van der Waals surface area contributed by atoms with E-state index in [1.807, 2.05) is 23.5 Å². The standard InChI is InChI=1S/C28H24S2/c1-9-25-10-2-21(1)17-29-18-22-5-13-27(14-6-22)28-15-7-24(8-16-28)20-30-19-23-3-11-26(25)12-4-23/h1-16H,17-20H2. The van der Waals surface area contributed by atoms with Crippen molar-refractivity contribution in [1.29, 1.82) is 0 Å². The molecule has 0 saturated carbocycles. The Hall–Kier alpha value is -2.42. The van der Waals surface area contributed by atoms with Gasteiger partial charge >= 0.3 is 0 Å². The van der Waals surface area contributed by atoms with Crippen LogP contribution in [0.3, 0.4) is 0 Å². The third-order valence-electron chi connectivity index (χ3n) is 5.56. The van der Waals surface area contributed by atoms with Crippen molar-refractivity contribution in [3.05, 3.63) is 119 Å². The van der Waals surface area contributed by atoms with E-state index in [0.717, 1.165) is 23.0 Å². The fourth-order valence-corrected chi connectivity index (χ4v) is 5.66. The fourth-order valence-electron chi connectivity index (χ4n) is 3.75. The zero-order valence-electron chi connectivity index (χ0n) is 16.9. The molecule has 14 rings (SSSR count). The Morgan fingerprint density at radius 1 is 0.300 bits per heavy atom. The summed E-state index contributed by atoms with van der Waals surface area (Å²) in [4.78, 5) is 0.